The molecule has 0 aliphatic carbocycles. The predicted molar refractivity (Wildman–Crippen MR) is 53.4 cm³/mol. The highest BCUT2D eigenvalue weighted by Gasteiger charge is 2.10. The van der Waals surface area contributed by atoms with Crippen LogP contribution in [-0.2, 0) is 14.3 Å². The van der Waals surface area contributed by atoms with Crippen LogP contribution in [0.2, 0.25) is 0 Å². The summed E-state index contributed by atoms with van der Waals surface area (Å²) in [5.41, 5.74) is 5.34. The van der Waals surface area contributed by atoms with Gasteiger partial charge in [-0.3, -0.25) is 4.79 Å². The number of carbonyl (C=O) groups is 2. The van der Waals surface area contributed by atoms with Crippen molar-refractivity contribution >= 4 is 11.9 Å². The molecule has 0 aliphatic heterocycles. The molecule has 0 aliphatic rings. The first-order valence-corrected chi connectivity index (χ1v) is 4.78. The zero-order valence-corrected chi connectivity index (χ0v) is 8.71. The van der Waals surface area contributed by atoms with E-state index < -0.39 is 11.9 Å². The Morgan fingerprint density at radius 2 is 2.00 bits per heavy atom. The van der Waals surface area contributed by atoms with Crippen molar-refractivity contribution in [2.24, 2.45) is 5.73 Å². The van der Waals surface area contributed by atoms with Gasteiger partial charge in [-0.1, -0.05) is 13.3 Å². The molecule has 0 rings (SSSR count). The molecule has 0 radical (unpaired) electrons. The van der Waals surface area contributed by atoms with Gasteiger partial charge in [-0.25, -0.2) is 4.79 Å². The van der Waals surface area contributed by atoms with Crippen molar-refractivity contribution in [3.8, 4) is 0 Å². The molecule has 0 aromatic rings. The van der Waals surface area contributed by atoms with Gasteiger partial charge in [-0.15, -0.1) is 0 Å². The summed E-state index contributed by atoms with van der Waals surface area (Å²) in [4.78, 5) is 21.9. The molecule has 0 saturated heterocycles. The first-order chi connectivity index (χ1) is 6.61. The molecule has 0 atom stereocenters. The van der Waals surface area contributed by atoms with Crippen LogP contribution in [0.5, 0.6) is 0 Å². The maximum atomic E-state index is 11.3. The molecule has 0 unspecified atom stereocenters. The van der Waals surface area contributed by atoms with E-state index in [1.165, 1.54) is 0 Å². The van der Waals surface area contributed by atoms with Gasteiger partial charge in [0.2, 0.25) is 5.91 Å². The highest BCUT2D eigenvalue weighted by atomic mass is 16.5. The van der Waals surface area contributed by atoms with E-state index in [0.29, 0.717) is 18.6 Å². The summed E-state index contributed by atoms with van der Waals surface area (Å²) in [6.07, 6.45) is 3.49. The number of unbranched alkanes of at least 4 members (excludes halogenated alkanes) is 1. The molecule has 14 heavy (non-hydrogen) atoms. The van der Waals surface area contributed by atoms with Gasteiger partial charge >= 0.3 is 5.97 Å². The van der Waals surface area contributed by atoms with Crippen molar-refractivity contribution in [2.45, 2.75) is 33.1 Å². The van der Waals surface area contributed by atoms with Gasteiger partial charge in [0.05, 0.1) is 6.61 Å². The quantitative estimate of drug-likeness (QED) is 0.515. The summed E-state index contributed by atoms with van der Waals surface area (Å²) in [7, 11) is 0. The maximum absolute atomic E-state index is 11.3. The van der Waals surface area contributed by atoms with Crippen LogP contribution in [0.15, 0.2) is 11.6 Å². The molecule has 2 N–H and O–H groups in total. The Hall–Kier alpha value is -1.32. The number of primary amides is 1. The van der Waals surface area contributed by atoms with Crippen LogP contribution >= 0.6 is 0 Å². The van der Waals surface area contributed by atoms with E-state index in [4.69, 9.17) is 10.5 Å². The zero-order chi connectivity index (χ0) is 11.0. The van der Waals surface area contributed by atoms with E-state index >= 15 is 0 Å². The smallest absolute Gasteiger partial charge is 0.334 e. The lowest BCUT2D eigenvalue weighted by molar-refractivity contribution is -0.138. The van der Waals surface area contributed by atoms with Crippen molar-refractivity contribution in [1.29, 1.82) is 0 Å². The van der Waals surface area contributed by atoms with Gasteiger partial charge in [-0.2, -0.15) is 0 Å². The lowest BCUT2D eigenvalue weighted by Crippen LogP contribution is -2.13. The van der Waals surface area contributed by atoms with Crippen LogP contribution in [0.1, 0.15) is 33.1 Å². The molecule has 1 amide bonds. The Morgan fingerprint density at radius 1 is 1.36 bits per heavy atom. The van der Waals surface area contributed by atoms with Crippen molar-refractivity contribution in [2.75, 3.05) is 6.61 Å². The average Bonchev–Trinajstić information content (AvgIpc) is 2.12. The normalized spacial score (nSPS) is 11.1. The summed E-state index contributed by atoms with van der Waals surface area (Å²) >= 11 is 0. The second kappa shape index (κ2) is 7.12. The fourth-order valence-corrected chi connectivity index (χ4v) is 0.996. The Labute approximate surface area is 84.1 Å². The van der Waals surface area contributed by atoms with Gasteiger partial charge in [0, 0.05) is 11.6 Å². The molecule has 0 heterocycles. The second-order valence-electron chi connectivity index (χ2n) is 2.90. The number of carbonyl (C=O) groups excluding carboxylic acids is 2. The minimum atomic E-state index is -0.607. The molecule has 0 bridgehead atoms. The minimum absolute atomic E-state index is 0.307. The zero-order valence-electron chi connectivity index (χ0n) is 8.71. The summed E-state index contributed by atoms with van der Waals surface area (Å²) in [5, 5.41) is 0. The van der Waals surface area contributed by atoms with Crippen LogP contribution in [0.4, 0.5) is 0 Å². The molecule has 0 saturated carbocycles. The third kappa shape index (κ3) is 5.35. The predicted octanol–water partition coefficient (Wildman–Crippen LogP) is 1.15. The average molecular weight is 199 g/mol. The van der Waals surface area contributed by atoms with Crippen LogP contribution in [-0.4, -0.2) is 18.5 Å². The fourth-order valence-electron chi connectivity index (χ4n) is 0.996. The summed E-state index contributed by atoms with van der Waals surface area (Å²) in [6.45, 7) is 4.04. The minimum Gasteiger partial charge on any atom is -0.463 e. The standard InChI is InChI=1S/C10H17NO3/c1-3-5-6-8(7-9(11)12)10(13)14-4-2/h7H,3-6H2,1-2H3,(H2,11,12). The molecule has 0 spiro atoms. The molecular weight excluding hydrogens is 182 g/mol. The van der Waals surface area contributed by atoms with Crippen molar-refractivity contribution < 1.29 is 14.3 Å². The third-order valence-electron chi connectivity index (χ3n) is 1.65. The third-order valence-corrected chi connectivity index (χ3v) is 1.65. The number of hydrogen-bond donors (Lipinski definition) is 1. The van der Waals surface area contributed by atoms with Gasteiger partial charge in [0.25, 0.3) is 0 Å². The van der Waals surface area contributed by atoms with Crippen LogP contribution in [0.25, 0.3) is 0 Å². The Kier molecular flexibility index (Phi) is 6.45. The number of hydrogen-bond acceptors (Lipinski definition) is 3. The molecule has 0 aromatic carbocycles. The van der Waals surface area contributed by atoms with E-state index in [0.717, 1.165) is 18.9 Å². The lowest BCUT2D eigenvalue weighted by atomic mass is 10.1. The molecule has 0 fully saturated rings. The summed E-state index contributed by atoms with van der Waals surface area (Å²) < 4.78 is 4.79. The Bertz CT molecular complexity index is 234. The number of esters is 1. The number of rotatable bonds is 6. The summed E-state index contributed by atoms with van der Waals surface area (Å²) in [6, 6.07) is 0. The number of ether oxygens (including phenoxy) is 1. The van der Waals surface area contributed by atoms with Gasteiger partial charge in [0.1, 0.15) is 0 Å². The monoisotopic (exact) mass is 199 g/mol. The van der Waals surface area contributed by atoms with E-state index in [2.05, 4.69) is 0 Å². The largest absolute Gasteiger partial charge is 0.463 e. The van der Waals surface area contributed by atoms with E-state index in [-0.39, 0.29) is 0 Å². The van der Waals surface area contributed by atoms with Crippen LogP contribution in [0, 0.1) is 0 Å². The molecule has 80 valence electrons. The molecule has 4 nitrogen and oxygen atoms in total. The fraction of sp³-hybridized carbons (Fsp3) is 0.600. The van der Waals surface area contributed by atoms with Crippen LogP contribution < -0.4 is 5.73 Å². The lowest BCUT2D eigenvalue weighted by Gasteiger charge is -2.04. The van der Waals surface area contributed by atoms with E-state index in [1.807, 2.05) is 6.92 Å². The van der Waals surface area contributed by atoms with E-state index in [9.17, 15) is 9.59 Å². The molecular formula is C10H17NO3. The van der Waals surface area contributed by atoms with Gasteiger partial charge in [0.15, 0.2) is 0 Å². The Morgan fingerprint density at radius 3 is 2.43 bits per heavy atom. The maximum Gasteiger partial charge on any atom is 0.334 e. The number of amides is 1. The van der Waals surface area contributed by atoms with Gasteiger partial charge in [-0.05, 0) is 19.8 Å². The van der Waals surface area contributed by atoms with Gasteiger partial charge < -0.3 is 10.5 Å². The second-order valence-corrected chi connectivity index (χ2v) is 2.90. The van der Waals surface area contributed by atoms with Crippen molar-refractivity contribution in [3.63, 3.8) is 0 Å². The first kappa shape index (κ1) is 12.7. The highest BCUT2D eigenvalue weighted by Crippen LogP contribution is 2.09. The summed E-state index contributed by atoms with van der Waals surface area (Å²) in [5.74, 6) is -1.05. The van der Waals surface area contributed by atoms with Crippen molar-refractivity contribution in [3.05, 3.63) is 11.6 Å². The van der Waals surface area contributed by atoms with E-state index in [1.54, 1.807) is 6.92 Å². The first-order valence-electron chi connectivity index (χ1n) is 4.78. The van der Waals surface area contributed by atoms with Crippen LogP contribution in [0.3, 0.4) is 0 Å². The molecule has 4 heteroatoms. The topological polar surface area (TPSA) is 69.4 Å². The molecule has 0 aromatic heterocycles. The van der Waals surface area contributed by atoms with Crippen molar-refractivity contribution in [1.82, 2.24) is 0 Å². The Balaban J connectivity index is 4.38. The number of nitrogens with two attached hydrogens (primary N) is 1. The SMILES string of the molecule is CCCCC(=CC(N)=O)C(=O)OCC. The highest BCUT2D eigenvalue weighted by molar-refractivity contribution is 5.97.